The van der Waals surface area contributed by atoms with E-state index < -0.39 is 10.0 Å². The summed E-state index contributed by atoms with van der Waals surface area (Å²) in [5, 5.41) is 0.0719. The summed E-state index contributed by atoms with van der Waals surface area (Å²) in [7, 11) is -0.706. The second-order valence-corrected chi connectivity index (χ2v) is 8.30. The van der Waals surface area contributed by atoms with Gasteiger partial charge in [0.25, 0.3) is 10.0 Å². The Kier molecular flexibility index (Phi) is 3.78. The normalized spacial score (nSPS) is 14.3. The van der Waals surface area contributed by atoms with E-state index in [0.29, 0.717) is 22.5 Å². The maximum atomic E-state index is 13.3. The summed E-state index contributed by atoms with van der Waals surface area (Å²) < 4.78 is 36.3. The first-order valence-electron chi connectivity index (χ1n) is 7.92. The van der Waals surface area contributed by atoms with Gasteiger partial charge in [-0.3, -0.25) is 13.4 Å². The minimum Gasteiger partial charge on any atom is -0.489 e. The van der Waals surface area contributed by atoms with Gasteiger partial charge in [0.1, 0.15) is 17.3 Å². The van der Waals surface area contributed by atoms with Gasteiger partial charge in [-0.05, 0) is 24.3 Å². The highest BCUT2D eigenvalue weighted by atomic mass is 35.5. The van der Waals surface area contributed by atoms with Gasteiger partial charge in [0.15, 0.2) is 0 Å². The molecule has 0 spiro atoms. The van der Waals surface area contributed by atoms with Crippen LogP contribution in [0.4, 0.5) is 5.69 Å². The summed E-state index contributed by atoms with van der Waals surface area (Å²) in [6.07, 6.45) is 0. The third-order valence-corrected chi connectivity index (χ3v) is 6.86. The Hall–Kier alpha value is -2.45. The number of halogens is 1. The van der Waals surface area contributed by atoms with Gasteiger partial charge in [-0.2, -0.15) is 0 Å². The molecule has 1 aliphatic heterocycles. The van der Waals surface area contributed by atoms with Crippen molar-refractivity contribution in [2.75, 3.05) is 17.5 Å². The number of aryl methyl sites for hydroxylation is 2. The number of anilines is 1. The average molecular weight is 394 g/mol. The molecule has 3 aromatic rings. The van der Waals surface area contributed by atoms with Crippen LogP contribution < -0.4 is 14.7 Å². The monoisotopic (exact) mass is 393 g/mol. The lowest BCUT2D eigenvalue weighted by molar-refractivity contribution is 0.316. The fourth-order valence-corrected chi connectivity index (χ4v) is 5.19. The second kappa shape index (κ2) is 5.78. The first kappa shape index (κ1) is 17.0. The highest BCUT2D eigenvalue weighted by molar-refractivity contribution is 7.93. The minimum absolute atomic E-state index is 0.0374. The molecule has 0 unspecified atom stereocenters. The summed E-state index contributed by atoms with van der Waals surface area (Å²) in [4.78, 5) is 12.1. The van der Waals surface area contributed by atoms with Crippen LogP contribution in [0.2, 0.25) is 5.02 Å². The molecule has 0 aliphatic carbocycles. The van der Waals surface area contributed by atoms with Gasteiger partial charge < -0.3 is 4.74 Å². The molecule has 1 aliphatic rings. The van der Waals surface area contributed by atoms with E-state index in [4.69, 9.17) is 16.3 Å². The number of hydrogen-bond donors (Lipinski definition) is 0. The molecule has 0 radical (unpaired) electrons. The van der Waals surface area contributed by atoms with Crippen LogP contribution in [-0.2, 0) is 24.1 Å². The van der Waals surface area contributed by atoms with Gasteiger partial charge in [0, 0.05) is 14.1 Å². The molecule has 0 saturated carbocycles. The molecule has 136 valence electrons. The molecule has 2 aromatic carbocycles. The van der Waals surface area contributed by atoms with Crippen molar-refractivity contribution in [3.63, 3.8) is 0 Å². The second-order valence-electron chi connectivity index (χ2n) is 6.07. The van der Waals surface area contributed by atoms with Crippen molar-refractivity contribution in [2.24, 2.45) is 14.1 Å². The number of ether oxygens (including phenoxy) is 1. The van der Waals surface area contributed by atoms with Crippen LogP contribution in [0, 0.1) is 0 Å². The molecule has 0 atom stereocenters. The molecule has 9 heteroatoms. The molecule has 0 fully saturated rings. The van der Waals surface area contributed by atoms with Crippen LogP contribution in [0.3, 0.4) is 0 Å². The smallest absolute Gasteiger partial charge is 0.328 e. The Morgan fingerprint density at radius 2 is 1.73 bits per heavy atom. The number of hydrogen-bond acceptors (Lipinski definition) is 4. The Balaban J connectivity index is 1.94. The fraction of sp³-hybridized carbons (Fsp3) is 0.235. The Morgan fingerprint density at radius 1 is 1.08 bits per heavy atom. The number of fused-ring (bicyclic) bond motifs is 2. The highest BCUT2D eigenvalue weighted by Crippen LogP contribution is 2.37. The van der Waals surface area contributed by atoms with E-state index in [0.717, 1.165) is 0 Å². The molecule has 4 rings (SSSR count). The molecular weight excluding hydrogens is 378 g/mol. The predicted molar refractivity (Wildman–Crippen MR) is 99.6 cm³/mol. The standard InChI is InChI=1S/C17H16ClN3O4S/c1-19-13-9-11(18)16(10-14(13)20(2)17(19)22)26(23,24)21-7-8-25-15-6-4-3-5-12(15)21/h3-6,9-10H,7-8H2,1-2H3. The van der Waals surface area contributed by atoms with Crippen molar-refractivity contribution in [1.29, 1.82) is 0 Å². The lowest BCUT2D eigenvalue weighted by Crippen LogP contribution is -2.38. The zero-order valence-corrected chi connectivity index (χ0v) is 15.7. The number of aromatic nitrogens is 2. The van der Waals surface area contributed by atoms with Crippen molar-refractivity contribution in [2.45, 2.75) is 4.90 Å². The van der Waals surface area contributed by atoms with Crippen LogP contribution in [-0.4, -0.2) is 30.7 Å². The minimum atomic E-state index is -3.92. The van der Waals surface area contributed by atoms with Crippen molar-refractivity contribution in [1.82, 2.24) is 9.13 Å². The van der Waals surface area contributed by atoms with Crippen molar-refractivity contribution in [3.8, 4) is 5.75 Å². The summed E-state index contributed by atoms with van der Waals surface area (Å²) in [5.74, 6) is 0.506. The van der Waals surface area contributed by atoms with E-state index in [2.05, 4.69) is 0 Å². The largest absolute Gasteiger partial charge is 0.489 e. The topological polar surface area (TPSA) is 73.5 Å². The highest BCUT2D eigenvalue weighted by Gasteiger charge is 2.32. The van der Waals surface area contributed by atoms with Crippen LogP contribution in [0.25, 0.3) is 11.0 Å². The van der Waals surface area contributed by atoms with E-state index in [-0.39, 0.29) is 28.8 Å². The van der Waals surface area contributed by atoms with Gasteiger partial charge in [-0.15, -0.1) is 0 Å². The fourth-order valence-electron chi connectivity index (χ4n) is 3.21. The number of para-hydroxylation sites is 2. The molecule has 0 amide bonds. The molecule has 2 heterocycles. The maximum Gasteiger partial charge on any atom is 0.328 e. The zero-order chi connectivity index (χ0) is 18.6. The van der Waals surface area contributed by atoms with E-state index in [1.54, 1.807) is 38.4 Å². The van der Waals surface area contributed by atoms with E-state index in [9.17, 15) is 13.2 Å². The van der Waals surface area contributed by atoms with Gasteiger partial charge in [0.2, 0.25) is 0 Å². The molecule has 7 nitrogen and oxygen atoms in total. The van der Waals surface area contributed by atoms with Gasteiger partial charge >= 0.3 is 5.69 Å². The SMILES string of the molecule is Cn1c(=O)n(C)c2cc(S(=O)(=O)N3CCOc4ccccc43)c(Cl)cc21. The van der Waals surface area contributed by atoms with Crippen molar-refractivity contribution >= 4 is 38.3 Å². The van der Waals surface area contributed by atoms with Crippen LogP contribution in [0.1, 0.15) is 0 Å². The van der Waals surface area contributed by atoms with Crippen LogP contribution in [0.5, 0.6) is 5.75 Å². The summed E-state index contributed by atoms with van der Waals surface area (Å²) in [6, 6.07) is 9.92. The third kappa shape index (κ3) is 2.33. The molecule has 0 N–H and O–H groups in total. The first-order chi connectivity index (χ1) is 12.3. The number of rotatable bonds is 2. The molecule has 26 heavy (non-hydrogen) atoms. The summed E-state index contributed by atoms with van der Waals surface area (Å²) in [5.41, 5.74) is 1.30. The Labute approximate surface area is 155 Å². The van der Waals surface area contributed by atoms with Crippen LogP contribution in [0.15, 0.2) is 46.1 Å². The Bertz CT molecular complexity index is 1200. The summed E-state index contributed by atoms with van der Waals surface area (Å²) in [6.45, 7) is 0.432. The molecule has 0 saturated heterocycles. The van der Waals surface area contributed by atoms with Crippen molar-refractivity contribution < 1.29 is 13.2 Å². The predicted octanol–water partition coefficient (Wildman–Crippen LogP) is 2.12. The lowest BCUT2D eigenvalue weighted by atomic mass is 10.2. The van der Waals surface area contributed by atoms with Gasteiger partial charge in [-0.1, -0.05) is 23.7 Å². The molecule has 0 bridgehead atoms. The first-order valence-corrected chi connectivity index (χ1v) is 9.73. The van der Waals surface area contributed by atoms with Gasteiger partial charge in [0.05, 0.1) is 28.3 Å². The zero-order valence-electron chi connectivity index (χ0n) is 14.1. The average Bonchev–Trinajstić information content (AvgIpc) is 2.84. The molecule has 1 aromatic heterocycles. The number of imidazole rings is 1. The van der Waals surface area contributed by atoms with E-state index in [1.165, 1.54) is 25.6 Å². The van der Waals surface area contributed by atoms with Crippen LogP contribution >= 0.6 is 11.6 Å². The van der Waals surface area contributed by atoms with Crippen molar-refractivity contribution in [3.05, 3.63) is 51.9 Å². The molecular formula is C17H16ClN3O4S. The van der Waals surface area contributed by atoms with E-state index >= 15 is 0 Å². The van der Waals surface area contributed by atoms with E-state index in [1.807, 2.05) is 0 Å². The Morgan fingerprint density at radius 3 is 2.46 bits per heavy atom. The summed E-state index contributed by atoms with van der Waals surface area (Å²) >= 11 is 6.31. The lowest BCUT2D eigenvalue weighted by Gasteiger charge is -2.30. The maximum absolute atomic E-state index is 13.3. The third-order valence-electron chi connectivity index (χ3n) is 4.58. The quantitative estimate of drug-likeness (QED) is 0.668. The number of sulfonamides is 1. The number of benzene rings is 2. The number of nitrogens with zero attached hydrogens (tertiary/aromatic N) is 3. The van der Waals surface area contributed by atoms with Gasteiger partial charge in [-0.25, -0.2) is 13.2 Å².